The Bertz CT molecular complexity index is 1500. The Hall–Kier alpha value is -3.84. The van der Waals surface area contributed by atoms with Gasteiger partial charge >= 0.3 is 0 Å². The number of benzene rings is 3. The summed E-state index contributed by atoms with van der Waals surface area (Å²) in [4.78, 5) is 31.3. The number of thioether (sulfide) groups is 1. The lowest BCUT2D eigenvalue weighted by atomic mass is 9.87. The number of carbonyl (C=O) groups excluding carboxylic acids is 2. The van der Waals surface area contributed by atoms with E-state index in [-0.39, 0.29) is 23.8 Å². The zero-order valence-corrected chi connectivity index (χ0v) is 23.9. The summed E-state index contributed by atoms with van der Waals surface area (Å²) in [7, 11) is 0. The minimum Gasteiger partial charge on any atom is -0.484 e. The first-order valence-corrected chi connectivity index (χ1v) is 15.5. The highest BCUT2D eigenvalue weighted by atomic mass is 32.2. The average molecular weight is 566 g/mol. The first-order chi connectivity index (χ1) is 20.2. The van der Waals surface area contributed by atoms with Crippen molar-refractivity contribution in [1.29, 1.82) is 0 Å². The second kappa shape index (κ2) is 12.8. The summed E-state index contributed by atoms with van der Waals surface area (Å²) in [6.07, 6.45) is 12.0. The highest BCUT2D eigenvalue weighted by Crippen LogP contribution is 2.38. The summed E-state index contributed by atoms with van der Waals surface area (Å²) in [6.45, 7) is 0.608. The smallest absolute Gasteiger partial charge is 0.252 e. The molecule has 1 aromatic heterocycles. The molecular weight excluding hydrogens is 530 g/mol. The van der Waals surface area contributed by atoms with E-state index < -0.39 is 0 Å². The largest absolute Gasteiger partial charge is 0.484 e. The number of ether oxygens (including phenoxy) is 1. The summed E-state index contributed by atoms with van der Waals surface area (Å²) in [5.41, 5.74) is 4.70. The third-order valence-corrected chi connectivity index (χ3v) is 9.19. The van der Waals surface area contributed by atoms with Crippen molar-refractivity contribution in [3.8, 4) is 5.75 Å². The maximum absolute atomic E-state index is 13.2. The number of fused-ring (bicyclic) bond motifs is 1. The van der Waals surface area contributed by atoms with Gasteiger partial charge in [-0.15, -0.1) is 11.8 Å². The molecular formula is C34H35N3O3S. The van der Waals surface area contributed by atoms with Crippen molar-refractivity contribution in [1.82, 2.24) is 14.9 Å². The molecule has 7 heteroatoms. The summed E-state index contributed by atoms with van der Waals surface area (Å²) in [5.74, 6) is 1.57. The Morgan fingerprint density at radius 1 is 1.00 bits per heavy atom. The molecule has 1 saturated carbocycles. The topological polar surface area (TPSA) is 73.2 Å². The fraction of sp³-hybridized carbons (Fsp3) is 0.324. The maximum Gasteiger partial charge on any atom is 0.252 e. The van der Waals surface area contributed by atoms with E-state index in [4.69, 9.17) is 4.74 Å². The Kier molecular flexibility index (Phi) is 8.52. The van der Waals surface area contributed by atoms with E-state index >= 15 is 0 Å². The van der Waals surface area contributed by atoms with Gasteiger partial charge in [0.2, 0.25) is 0 Å². The van der Waals surface area contributed by atoms with Crippen LogP contribution in [0.1, 0.15) is 82.0 Å². The van der Waals surface area contributed by atoms with Crippen LogP contribution in [0.2, 0.25) is 0 Å². The van der Waals surface area contributed by atoms with E-state index in [0.717, 1.165) is 58.6 Å². The monoisotopic (exact) mass is 565 g/mol. The van der Waals surface area contributed by atoms with Gasteiger partial charge in [0.15, 0.2) is 5.78 Å². The van der Waals surface area contributed by atoms with Crippen LogP contribution >= 0.6 is 11.8 Å². The van der Waals surface area contributed by atoms with Gasteiger partial charge in [-0.05, 0) is 61.1 Å². The average Bonchev–Trinajstić information content (AvgIpc) is 3.72. The van der Waals surface area contributed by atoms with E-state index in [2.05, 4.69) is 22.4 Å². The molecule has 6 nitrogen and oxygen atoms in total. The van der Waals surface area contributed by atoms with Gasteiger partial charge in [-0.2, -0.15) is 0 Å². The Balaban J connectivity index is 1.31. The molecule has 2 aliphatic carbocycles. The fourth-order valence-corrected chi connectivity index (χ4v) is 7.04. The van der Waals surface area contributed by atoms with E-state index in [1.54, 1.807) is 24.3 Å². The predicted octanol–water partition coefficient (Wildman–Crippen LogP) is 7.19. The number of nitrogens with one attached hydrogen (secondary N) is 1. The molecule has 1 N–H and O–H groups in total. The van der Waals surface area contributed by atoms with Gasteiger partial charge in [0.05, 0.1) is 18.4 Å². The third kappa shape index (κ3) is 6.41. The number of Topliss-reactive ketones (excluding diaryl/α,β-unsaturated/α-hetero) is 1. The standard InChI is InChI=1S/C34H35N3O3S/c38-30-15-8-14-26-27(30)17-18-31(40-32(21-37-20-19-35-23-37)24-9-2-1-3-10-24)29(26)22-41-33-16-7-6-13-28(33)34(39)36-25-11-4-5-12-25/h1-3,6-7,9-10,13,16-20,23,25,32H,4-5,8,11-12,14-15,21-22H2,(H,36,39). The molecule has 4 aromatic rings. The van der Waals surface area contributed by atoms with Crippen LogP contribution in [-0.2, 0) is 18.7 Å². The zero-order chi connectivity index (χ0) is 28.0. The van der Waals surface area contributed by atoms with Crippen molar-refractivity contribution in [2.24, 2.45) is 0 Å². The number of nitrogens with zero attached hydrogens (tertiary/aromatic N) is 2. The molecule has 41 heavy (non-hydrogen) atoms. The van der Waals surface area contributed by atoms with Crippen molar-refractivity contribution in [2.75, 3.05) is 0 Å². The van der Waals surface area contributed by atoms with Crippen molar-refractivity contribution in [2.45, 2.75) is 74.3 Å². The molecule has 0 aliphatic heterocycles. The van der Waals surface area contributed by atoms with Gasteiger partial charge < -0.3 is 14.6 Å². The first kappa shape index (κ1) is 27.3. The zero-order valence-electron chi connectivity index (χ0n) is 23.1. The molecule has 3 aromatic carbocycles. The van der Waals surface area contributed by atoms with Crippen molar-refractivity contribution < 1.29 is 14.3 Å². The molecule has 0 saturated heterocycles. The van der Waals surface area contributed by atoms with E-state index in [0.29, 0.717) is 24.3 Å². The maximum atomic E-state index is 13.2. The van der Waals surface area contributed by atoms with Crippen LogP contribution in [0.5, 0.6) is 5.75 Å². The van der Waals surface area contributed by atoms with Crippen LogP contribution in [-0.4, -0.2) is 27.3 Å². The molecule has 0 radical (unpaired) electrons. The van der Waals surface area contributed by atoms with Crippen LogP contribution in [0.15, 0.2) is 90.3 Å². The van der Waals surface area contributed by atoms with Gasteiger partial charge in [0, 0.05) is 46.6 Å². The molecule has 210 valence electrons. The number of amides is 1. The molecule has 1 heterocycles. The Morgan fingerprint density at radius 2 is 1.80 bits per heavy atom. The summed E-state index contributed by atoms with van der Waals surface area (Å²) < 4.78 is 8.83. The lowest BCUT2D eigenvalue weighted by Crippen LogP contribution is -2.32. The van der Waals surface area contributed by atoms with E-state index in [9.17, 15) is 9.59 Å². The molecule has 0 spiro atoms. The first-order valence-electron chi connectivity index (χ1n) is 14.5. The molecule has 6 rings (SSSR count). The van der Waals surface area contributed by atoms with Crippen molar-refractivity contribution in [3.05, 3.63) is 113 Å². The van der Waals surface area contributed by atoms with Crippen LogP contribution in [0.4, 0.5) is 0 Å². The molecule has 2 aliphatic rings. The third-order valence-electron chi connectivity index (χ3n) is 8.09. The Labute approximate surface area is 245 Å². The lowest BCUT2D eigenvalue weighted by Gasteiger charge is -2.26. The number of hydrogen-bond acceptors (Lipinski definition) is 5. The van der Waals surface area contributed by atoms with Gasteiger partial charge in [-0.3, -0.25) is 9.59 Å². The summed E-state index contributed by atoms with van der Waals surface area (Å²) in [5, 5.41) is 3.24. The van der Waals surface area contributed by atoms with Crippen molar-refractivity contribution >= 4 is 23.5 Å². The predicted molar refractivity (Wildman–Crippen MR) is 161 cm³/mol. The second-order valence-corrected chi connectivity index (χ2v) is 11.9. The number of hydrogen-bond donors (Lipinski definition) is 1. The molecule has 1 fully saturated rings. The molecule has 1 atom stereocenters. The van der Waals surface area contributed by atoms with Crippen LogP contribution in [0, 0.1) is 0 Å². The number of ketones is 1. The van der Waals surface area contributed by atoms with Gasteiger partial charge in [0.25, 0.3) is 5.91 Å². The lowest BCUT2D eigenvalue weighted by molar-refractivity contribution is 0.0933. The second-order valence-electron chi connectivity index (χ2n) is 10.9. The van der Waals surface area contributed by atoms with Gasteiger partial charge in [-0.25, -0.2) is 4.98 Å². The van der Waals surface area contributed by atoms with Crippen LogP contribution in [0.3, 0.4) is 0 Å². The minimum atomic E-state index is -0.240. The summed E-state index contributed by atoms with van der Waals surface area (Å²) in [6, 6.07) is 22.2. The van der Waals surface area contributed by atoms with Gasteiger partial charge in [-0.1, -0.05) is 55.3 Å². The van der Waals surface area contributed by atoms with E-state index in [1.807, 2.05) is 65.4 Å². The SMILES string of the molecule is O=C(NC1CCCC1)c1ccccc1SCc1c(OC(Cn2ccnc2)c2ccccc2)ccc2c1CCCC2=O. The number of aromatic nitrogens is 2. The van der Waals surface area contributed by atoms with Crippen molar-refractivity contribution in [3.63, 3.8) is 0 Å². The normalized spacial score (nSPS) is 15.9. The summed E-state index contributed by atoms with van der Waals surface area (Å²) >= 11 is 1.64. The Morgan fingerprint density at radius 3 is 2.61 bits per heavy atom. The molecule has 1 unspecified atom stereocenters. The highest BCUT2D eigenvalue weighted by Gasteiger charge is 2.26. The molecule has 1 amide bonds. The van der Waals surface area contributed by atoms with Crippen LogP contribution < -0.4 is 10.1 Å². The fourth-order valence-electron chi connectivity index (χ4n) is 5.93. The number of carbonyl (C=O) groups is 2. The quantitative estimate of drug-likeness (QED) is 0.206. The molecule has 0 bridgehead atoms. The van der Waals surface area contributed by atoms with E-state index in [1.165, 1.54) is 12.8 Å². The number of imidazole rings is 1. The minimum absolute atomic E-state index is 0.00813. The highest BCUT2D eigenvalue weighted by molar-refractivity contribution is 7.98. The van der Waals surface area contributed by atoms with Gasteiger partial charge in [0.1, 0.15) is 11.9 Å². The van der Waals surface area contributed by atoms with Crippen LogP contribution in [0.25, 0.3) is 0 Å². The number of rotatable bonds is 10.